The van der Waals surface area contributed by atoms with Crippen molar-refractivity contribution in [2.75, 3.05) is 13.1 Å². The summed E-state index contributed by atoms with van der Waals surface area (Å²) in [6, 6.07) is 6.53. The fraction of sp³-hybridized carbons (Fsp3) is 0.333. The minimum Gasteiger partial charge on any atom is -0.330 e. The first kappa shape index (κ1) is 13.7. The molecule has 1 aromatic rings. The molecule has 0 saturated heterocycles. The van der Waals surface area contributed by atoms with Crippen molar-refractivity contribution in [1.29, 1.82) is 0 Å². The van der Waals surface area contributed by atoms with Gasteiger partial charge in [0.2, 0.25) is 5.91 Å². The van der Waals surface area contributed by atoms with Crippen LogP contribution in [0.4, 0.5) is 0 Å². The van der Waals surface area contributed by atoms with Crippen molar-refractivity contribution in [2.24, 2.45) is 5.73 Å². The maximum atomic E-state index is 12.1. The van der Waals surface area contributed by atoms with Crippen LogP contribution in [0.5, 0.6) is 0 Å². The molecule has 92 valence electrons. The molecule has 0 atom stereocenters. The summed E-state index contributed by atoms with van der Waals surface area (Å²) in [6.07, 6.45) is 0.589. The van der Waals surface area contributed by atoms with Crippen LogP contribution in [0, 0.1) is 0 Å². The van der Waals surface area contributed by atoms with Crippen LogP contribution in [0.1, 0.15) is 23.7 Å². The Morgan fingerprint density at radius 3 is 2.65 bits per heavy atom. The summed E-state index contributed by atoms with van der Waals surface area (Å²) in [7, 11) is 0. The molecule has 5 heteroatoms. The van der Waals surface area contributed by atoms with E-state index in [-0.39, 0.29) is 11.8 Å². The van der Waals surface area contributed by atoms with Gasteiger partial charge in [-0.05, 0) is 31.2 Å². The second-order valence-corrected chi connectivity index (χ2v) is 4.06. The number of hydrogen-bond donors (Lipinski definition) is 1. The molecule has 17 heavy (non-hydrogen) atoms. The average molecular weight is 255 g/mol. The second kappa shape index (κ2) is 6.37. The van der Waals surface area contributed by atoms with Crippen molar-refractivity contribution in [3.05, 3.63) is 34.9 Å². The number of carbonyl (C=O) groups is 2. The maximum absolute atomic E-state index is 12.1. The first-order valence-electron chi connectivity index (χ1n) is 5.34. The predicted molar refractivity (Wildman–Crippen MR) is 66.8 cm³/mol. The van der Waals surface area contributed by atoms with E-state index in [0.717, 1.165) is 0 Å². The predicted octanol–water partition coefficient (Wildman–Crippen LogP) is 1.68. The summed E-state index contributed by atoms with van der Waals surface area (Å²) >= 11 is 5.80. The van der Waals surface area contributed by atoms with Crippen molar-refractivity contribution >= 4 is 23.4 Å². The molecule has 0 aliphatic carbocycles. The van der Waals surface area contributed by atoms with Gasteiger partial charge in [-0.1, -0.05) is 17.7 Å². The third kappa shape index (κ3) is 3.84. The molecule has 1 aromatic carbocycles. The molecule has 0 aromatic heterocycles. The molecule has 0 radical (unpaired) electrons. The van der Waals surface area contributed by atoms with Crippen molar-refractivity contribution in [3.63, 3.8) is 0 Å². The van der Waals surface area contributed by atoms with Crippen LogP contribution < -0.4 is 5.73 Å². The third-order valence-electron chi connectivity index (χ3n) is 2.28. The normalized spacial score (nSPS) is 10.1. The van der Waals surface area contributed by atoms with Crippen LogP contribution in [0.2, 0.25) is 5.02 Å². The fourth-order valence-electron chi connectivity index (χ4n) is 1.43. The summed E-state index contributed by atoms with van der Waals surface area (Å²) in [5, 5.41) is 0.471. The van der Waals surface area contributed by atoms with E-state index in [1.54, 1.807) is 24.3 Å². The number of imide groups is 1. The zero-order valence-corrected chi connectivity index (χ0v) is 10.4. The largest absolute Gasteiger partial charge is 0.330 e. The Bertz CT molecular complexity index is 421. The van der Waals surface area contributed by atoms with E-state index in [4.69, 9.17) is 17.3 Å². The summed E-state index contributed by atoms with van der Waals surface area (Å²) in [6.45, 7) is 2.13. The lowest BCUT2D eigenvalue weighted by molar-refractivity contribution is -0.126. The highest BCUT2D eigenvalue weighted by Crippen LogP contribution is 2.13. The molecular weight excluding hydrogens is 240 g/mol. The van der Waals surface area contributed by atoms with Crippen molar-refractivity contribution in [2.45, 2.75) is 13.3 Å². The maximum Gasteiger partial charge on any atom is 0.260 e. The molecule has 0 fully saturated rings. The number of halogens is 1. The van der Waals surface area contributed by atoms with Crippen LogP contribution in [-0.4, -0.2) is 29.8 Å². The Morgan fingerprint density at radius 1 is 1.41 bits per heavy atom. The SMILES string of the molecule is CC(=O)N(CCCN)C(=O)c1cccc(Cl)c1. The number of benzene rings is 1. The first-order chi connectivity index (χ1) is 8.06. The summed E-state index contributed by atoms with van der Waals surface area (Å²) in [4.78, 5) is 24.6. The standard InChI is InChI=1S/C12H15ClN2O2/c1-9(16)15(7-3-6-14)12(17)10-4-2-5-11(13)8-10/h2,4-5,8H,3,6-7,14H2,1H3. The minimum absolute atomic E-state index is 0.288. The van der Waals surface area contributed by atoms with Gasteiger partial charge in [-0.25, -0.2) is 0 Å². The van der Waals surface area contributed by atoms with E-state index in [0.29, 0.717) is 30.1 Å². The zero-order valence-electron chi connectivity index (χ0n) is 9.65. The smallest absolute Gasteiger partial charge is 0.260 e. The molecule has 4 nitrogen and oxygen atoms in total. The van der Waals surface area contributed by atoms with Crippen LogP contribution in [0.15, 0.2) is 24.3 Å². The third-order valence-corrected chi connectivity index (χ3v) is 2.52. The molecule has 2 N–H and O–H groups in total. The molecule has 0 spiro atoms. The Hall–Kier alpha value is -1.39. The number of nitrogens with zero attached hydrogens (tertiary/aromatic N) is 1. The fourth-order valence-corrected chi connectivity index (χ4v) is 1.62. The first-order valence-corrected chi connectivity index (χ1v) is 5.72. The van der Waals surface area contributed by atoms with Crippen molar-refractivity contribution < 1.29 is 9.59 Å². The van der Waals surface area contributed by atoms with Gasteiger partial charge in [0.25, 0.3) is 5.91 Å². The Balaban J connectivity index is 2.88. The lowest BCUT2D eigenvalue weighted by Crippen LogP contribution is -2.36. The van der Waals surface area contributed by atoms with E-state index >= 15 is 0 Å². The molecule has 0 heterocycles. The summed E-state index contributed by atoms with van der Waals surface area (Å²) < 4.78 is 0. The van der Waals surface area contributed by atoms with E-state index in [9.17, 15) is 9.59 Å². The van der Waals surface area contributed by atoms with E-state index < -0.39 is 0 Å². The zero-order chi connectivity index (χ0) is 12.8. The van der Waals surface area contributed by atoms with Gasteiger partial charge in [-0.2, -0.15) is 0 Å². The highest BCUT2D eigenvalue weighted by molar-refractivity contribution is 6.31. The summed E-state index contributed by atoms with van der Waals surface area (Å²) in [5.41, 5.74) is 5.78. The van der Waals surface area contributed by atoms with Crippen LogP contribution in [0.3, 0.4) is 0 Å². The van der Waals surface area contributed by atoms with Gasteiger partial charge in [-0.3, -0.25) is 14.5 Å². The lowest BCUT2D eigenvalue weighted by Gasteiger charge is -2.18. The number of nitrogens with two attached hydrogens (primary N) is 1. The Kier molecular flexibility index (Phi) is 5.12. The quantitative estimate of drug-likeness (QED) is 0.889. The van der Waals surface area contributed by atoms with Crippen molar-refractivity contribution in [1.82, 2.24) is 4.90 Å². The molecule has 2 amide bonds. The van der Waals surface area contributed by atoms with Gasteiger partial charge < -0.3 is 5.73 Å². The Morgan fingerprint density at radius 2 is 2.12 bits per heavy atom. The average Bonchev–Trinajstić information content (AvgIpc) is 2.29. The van der Waals surface area contributed by atoms with E-state index in [1.807, 2.05) is 0 Å². The monoisotopic (exact) mass is 254 g/mol. The van der Waals surface area contributed by atoms with Gasteiger partial charge in [0, 0.05) is 24.1 Å². The van der Waals surface area contributed by atoms with Gasteiger partial charge in [0.1, 0.15) is 0 Å². The Labute approximate surface area is 105 Å². The molecule has 0 aliphatic rings. The van der Waals surface area contributed by atoms with Crippen LogP contribution in [0.25, 0.3) is 0 Å². The number of carbonyl (C=O) groups excluding carboxylic acids is 2. The van der Waals surface area contributed by atoms with Gasteiger partial charge in [0.05, 0.1) is 0 Å². The molecular formula is C12H15ClN2O2. The van der Waals surface area contributed by atoms with Crippen LogP contribution in [-0.2, 0) is 4.79 Å². The van der Waals surface area contributed by atoms with Gasteiger partial charge >= 0.3 is 0 Å². The highest BCUT2D eigenvalue weighted by Gasteiger charge is 2.19. The summed E-state index contributed by atoms with van der Waals surface area (Å²) in [5.74, 6) is -0.628. The lowest BCUT2D eigenvalue weighted by atomic mass is 10.2. The second-order valence-electron chi connectivity index (χ2n) is 3.63. The molecule has 0 unspecified atom stereocenters. The molecule has 0 bridgehead atoms. The molecule has 0 aliphatic heterocycles. The van der Waals surface area contributed by atoms with E-state index in [2.05, 4.69) is 0 Å². The topological polar surface area (TPSA) is 63.4 Å². The van der Waals surface area contributed by atoms with Crippen LogP contribution >= 0.6 is 11.6 Å². The number of hydrogen-bond acceptors (Lipinski definition) is 3. The van der Waals surface area contributed by atoms with Crippen molar-refractivity contribution in [3.8, 4) is 0 Å². The number of rotatable bonds is 4. The van der Waals surface area contributed by atoms with Gasteiger partial charge in [0.15, 0.2) is 0 Å². The molecule has 0 saturated carbocycles. The molecule has 1 rings (SSSR count). The van der Waals surface area contributed by atoms with Gasteiger partial charge in [-0.15, -0.1) is 0 Å². The number of amides is 2. The van der Waals surface area contributed by atoms with E-state index in [1.165, 1.54) is 11.8 Å². The minimum atomic E-state index is -0.339. The highest BCUT2D eigenvalue weighted by atomic mass is 35.5.